The van der Waals surface area contributed by atoms with E-state index in [9.17, 15) is 14.4 Å². The number of amides is 2. The van der Waals surface area contributed by atoms with E-state index in [1.165, 1.54) is 7.05 Å². The summed E-state index contributed by atoms with van der Waals surface area (Å²) in [6.07, 6.45) is -0.370. The van der Waals surface area contributed by atoms with Crippen LogP contribution in [0.5, 0.6) is 0 Å². The minimum Gasteiger partial charge on any atom is -0.450 e. The lowest BCUT2D eigenvalue weighted by Gasteiger charge is -2.33. The van der Waals surface area contributed by atoms with Crippen molar-refractivity contribution in [2.75, 3.05) is 32.8 Å². The van der Waals surface area contributed by atoms with E-state index < -0.39 is 5.69 Å². The molecule has 0 radical (unpaired) electrons. The Hall–Kier alpha value is -2.32. The Morgan fingerprint density at radius 2 is 1.85 bits per heavy atom. The number of piperazine rings is 1. The summed E-state index contributed by atoms with van der Waals surface area (Å²) >= 11 is 0. The Balaban J connectivity index is 1.95. The van der Waals surface area contributed by atoms with E-state index in [2.05, 4.69) is 10.1 Å². The average molecular weight is 283 g/mol. The number of hydrogen-bond donors (Lipinski definition) is 1. The van der Waals surface area contributed by atoms with Crippen LogP contribution in [0.15, 0.2) is 4.79 Å². The molecule has 0 unspecified atom stereocenters. The number of carbonyl (C=O) groups is 2. The third-order valence-corrected chi connectivity index (χ3v) is 3.06. The first-order valence-electron chi connectivity index (χ1n) is 6.37. The van der Waals surface area contributed by atoms with Gasteiger partial charge in [0.05, 0.1) is 6.61 Å². The van der Waals surface area contributed by atoms with E-state index in [1.54, 1.807) is 16.7 Å². The Morgan fingerprint density at radius 1 is 1.25 bits per heavy atom. The maximum atomic E-state index is 12.1. The Bertz CT molecular complexity index is 555. The van der Waals surface area contributed by atoms with Crippen molar-refractivity contribution in [3.63, 3.8) is 0 Å². The molecule has 9 nitrogen and oxygen atoms in total. The van der Waals surface area contributed by atoms with Crippen LogP contribution in [-0.2, 0) is 11.8 Å². The molecule has 0 spiro atoms. The molecule has 1 fully saturated rings. The molecule has 1 saturated heterocycles. The van der Waals surface area contributed by atoms with E-state index in [1.807, 2.05) is 0 Å². The zero-order valence-corrected chi connectivity index (χ0v) is 11.5. The van der Waals surface area contributed by atoms with E-state index in [0.717, 1.165) is 4.68 Å². The van der Waals surface area contributed by atoms with Crippen molar-refractivity contribution in [3.8, 4) is 0 Å². The topological polar surface area (TPSA) is 101 Å². The third kappa shape index (κ3) is 2.81. The number of carbonyl (C=O) groups excluding carboxylic acids is 2. The minimum absolute atomic E-state index is 0.0158. The number of rotatable bonds is 2. The molecule has 9 heteroatoms. The Morgan fingerprint density at radius 3 is 2.35 bits per heavy atom. The molecule has 1 aromatic heterocycles. The quantitative estimate of drug-likeness (QED) is 0.752. The molecule has 1 N–H and O–H groups in total. The molecule has 2 amide bonds. The fourth-order valence-corrected chi connectivity index (χ4v) is 1.96. The van der Waals surface area contributed by atoms with Crippen LogP contribution in [0, 0.1) is 0 Å². The molecule has 2 heterocycles. The number of aromatic nitrogens is 3. The molecule has 20 heavy (non-hydrogen) atoms. The van der Waals surface area contributed by atoms with Crippen LogP contribution < -0.4 is 5.69 Å². The van der Waals surface area contributed by atoms with E-state index >= 15 is 0 Å². The van der Waals surface area contributed by atoms with Crippen LogP contribution >= 0.6 is 0 Å². The number of aromatic amines is 1. The number of nitrogens with one attached hydrogen (secondary N) is 1. The molecule has 0 atom stereocenters. The summed E-state index contributed by atoms with van der Waals surface area (Å²) in [5, 5.41) is 3.82. The lowest BCUT2D eigenvalue weighted by molar-refractivity contribution is 0.0561. The van der Waals surface area contributed by atoms with Gasteiger partial charge in [0.25, 0.3) is 5.91 Å². The van der Waals surface area contributed by atoms with Crippen molar-refractivity contribution in [2.45, 2.75) is 6.92 Å². The van der Waals surface area contributed by atoms with Gasteiger partial charge in [-0.05, 0) is 6.92 Å². The molecule has 0 bridgehead atoms. The van der Waals surface area contributed by atoms with E-state index in [-0.39, 0.29) is 17.8 Å². The largest absolute Gasteiger partial charge is 0.450 e. The maximum absolute atomic E-state index is 12.1. The van der Waals surface area contributed by atoms with Gasteiger partial charge in [-0.1, -0.05) is 0 Å². The van der Waals surface area contributed by atoms with Gasteiger partial charge in [-0.25, -0.2) is 14.3 Å². The van der Waals surface area contributed by atoms with Crippen LogP contribution in [0.4, 0.5) is 4.79 Å². The highest BCUT2D eigenvalue weighted by Crippen LogP contribution is 2.06. The van der Waals surface area contributed by atoms with Gasteiger partial charge in [0.1, 0.15) is 0 Å². The van der Waals surface area contributed by atoms with E-state index in [4.69, 9.17) is 4.74 Å². The Labute approximate surface area is 115 Å². The predicted octanol–water partition coefficient (Wildman–Crippen LogP) is -0.977. The zero-order valence-electron chi connectivity index (χ0n) is 11.5. The second-order valence-electron chi connectivity index (χ2n) is 4.38. The molecular weight excluding hydrogens is 266 g/mol. The normalized spacial score (nSPS) is 15.3. The van der Waals surface area contributed by atoms with Gasteiger partial charge in [-0.3, -0.25) is 9.78 Å². The Kier molecular flexibility index (Phi) is 4.06. The summed E-state index contributed by atoms with van der Waals surface area (Å²) in [5.41, 5.74) is -0.432. The van der Waals surface area contributed by atoms with Gasteiger partial charge >= 0.3 is 11.8 Å². The second-order valence-corrected chi connectivity index (χ2v) is 4.38. The fraction of sp³-hybridized carbons (Fsp3) is 0.636. The zero-order chi connectivity index (χ0) is 14.7. The lowest BCUT2D eigenvalue weighted by Crippen LogP contribution is -2.51. The van der Waals surface area contributed by atoms with Crippen LogP contribution in [0.2, 0.25) is 0 Å². The third-order valence-electron chi connectivity index (χ3n) is 3.06. The number of H-pyrrole nitrogens is 1. The molecule has 0 aliphatic carbocycles. The predicted molar refractivity (Wildman–Crippen MR) is 68.3 cm³/mol. The lowest BCUT2D eigenvalue weighted by atomic mass is 10.3. The highest BCUT2D eigenvalue weighted by atomic mass is 16.6. The van der Waals surface area contributed by atoms with Gasteiger partial charge < -0.3 is 14.5 Å². The number of hydrogen-bond acceptors (Lipinski definition) is 5. The van der Waals surface area contributed by atoms with Gasteiger partial charge in [0.2, 0.25) is 5.82 Å². The molecule has 1 aromatic rings. The monoisotopic (exact) mass is 283 g/mol. The van der Waals surface area contributed by atoms with Gasteiger partial charge in [-0.2, -0.15) is 0 Å². The van der Waals surface area contributed by atoms with Crippen LogP contribution in [-0.4, -0.2) is 69.4 Å². The maximum Gasteiger partial charge on any atom is 0.409 e. The van der Waals surface area contributed by atoms with Gasteiger partial charge in [0, 0.05) is 33.2 Å². The van der Waals surface area contributed by atoms with Gasteiger partial charge in [0.15, 0.2) is 0 Å². The van der Waals surface area contributed by atoms with Crippen LogP contribution in [0.1, 0.15) is 17.5 Å². The summed E-state index contributed by atoms with van der Waals surface area (Å²) in [7, 11) is 1.47. The molecule has 1 aliphatic rings. The number of aryl methyl sites for hydroxylation is 1. The molecule has 0 aromatic carbocycles. The minimum atomic E-state index is -0.432. The van der Waals surface area contributed by atoms with Crippen molar-refractivity contribution in [1.82, 2.24) is 24.6 Å². The smallest absolute Gasteiger partial charge is 0.409 e. The van der Waals surface area contributed by atoms with Gasteiger partial charge in [-0.15, -0.1) is 5.10 Å². The van der Waals surface area contributed by atoms with E-state index in [0.29, 0.717) is 32.8 Å². The summed E-state index contributed by atoms with van der Waals surface area (Å²) in [6, 6.07) is 0. The van der Waals surface area contributed by atoms with Crippen LogP contribution in [0.25, 0.3) is 0 Å². The molecule has 110 valence electrons. The van der Waals surface area contributed by atoms with Crippen molar-refractivity contribution in [2.24, 2.45) is 7.05 Å². The summed E-state index contributed by atoms with van der Waals surface area (Å²) < 4.78 is 5.97. The average Bonchev–Trinajstić information content (AvgIpc) is 2.78. The van der Waals surface area contributed by atoms with Crippen molar-refractivity contribution < 1.29 is 14.3 Å². The molecule has 2 rings (SSSR count). The summed E-state index contributed by atoms with van der Waals surface area (Å²) in [6.45, 7) is 3.65. The fourth-order valence-electron chi connectivity index (χ4n) is 1.96. The standard InChI is InChI=1S/C11H17N5O4/c1-3-20-11(19)16-6-4-15(5-7-16)9(17)8-12-10(18)14(2)13-8/h3-7H2,1-2H3,(H,12,13,18). The number of ether oxygens (including phenoxy) is 1. The summed E-state index contributed by atoms with van der Waals surface area (Å²) in [5.74, 6) is -0.326. The first-order chi connectivity index (χ1) is 9.52. The first-order valence-corrected chi connectivity index (χ1v) is 6.37. The van der Waals surface area contributed by atoms with Crippen molar-refractivity contribution >= 4 is 12.0 Å². The summed E-state index contributed by atoms with van der Waals surface area (Å²) in [4.78, 5) is 40.4. The first kappa shape index (κ1) is 14.1. The highest BCUT2D eigenvalue weighted by Gasteiger charge is 2.27. The molecular formula is C11H17N5O4. The number of nitrogens with zero attached hydrogens (tertiary/aromatic N) is 4. The SMILES string of the molecule is CCOC(=O)N1CCN(C(=O)c2nn(C)c(=O)[nH]2)CC1. The molecule has 1 aliphatic heterocycles. The van der Waals surface area contributed by atoms with Crippen molar-refractivity contribution in [1.29, 1.82) is 0 Å². The van der Waals surface area contributed by atoms with Crippen molar-refractivity contribution in [3.05, 3.63) is 16.3 Å². The molecule has 0 saturated carbocycles. The highest BCUT2D eigenvalue weighted by molar-refractivity contribution is 5.90. The van der Waals surface area contributed by atoms with Crippen LogP contribution in [0.3, 0.4) is 0 Å². The second kappa shape index (κ2) is 5.76.